The molecule has 0 radical (unpaired) electrons. The van der Waals surface area contributed by atoms with Crippen LogP contribution in [0.25, 0.3) is 6.08 Å². The van der Waals surface area contributed by atoms with Crippen molar-refractivity contribution in [3.05, 3.63) is 42.0 Å². The normalized spacial score (nSPS) is 15.2. The van der Waals surface area contributed by atoms with E-state index in [4.69, 9.17) is 4.74 Å². The van der Waals surface area contributed by atoms with Crippen LogP contribution < -0.4 is 0 Å². The molecule has 0 heterocycles. The maximum atomic E-state index is 11.5. The lowest BCUT2D eigenvalue weighted by Crippen LogP contribution is -2.38. The lowest BCUT2D eigenvalue weighted by Gasteiger charge is -2.22. The van der Waals surface area contributed by atoms with Gasteiger partial charge in [0.1, 0.15) is 11.7 Å². The summed E-state index contributed by atoms with van der Waals surface area (Å²) in [6.07, 6.45) is 0.122. The third-order valence-electron chi connectivity index (χ3n) is 2.26. The molecule has 0 amide bonds. The van der Waals surface area contributed by atoms with Crippen LogP contribution in [0.5, 0.6) is 0 Å². The molecule has 0 saturated carbocycles. The monoisotopic (exact) mass is 264 g/mol. The highest BCUT2D eigenvalue weighted by Gasteiger charge is 2.27. The van der Waals surface area contributed by atoms with Crippen LogP contribution in [0.1, 0.15) is 26.3 Å². The third-order valence-corrected chi connectivity index (χ3v) is 2.26. The first-order valence-electron chi connectivity index (χ1n) is 6.12. The Kier molecular flexibility index (Phi) is 5.27. The topological polar surface area (TPSA) is 66.8 Å². The van der Waals surface area contributed by atoms with Gasteiger partial charge in [0, 0.05) is 0 Å². The van der Waals surface area contributed by atoms with Crippen LogP contribution in [0.4, 0.5) is 0 Å². The van der Waals surface area contributed by atoms with Gasteiger partial charge in [-0.1, -0.05) is 42.5 Å². The number of carbonyl (C=O) groups is 1. The van der Waals surface area contributed by atoms with E-state index in [1.807, 2.05) is 30.3 Å². The summed E-state index contributed by atoms with van der Waals surface area (Å²) in [5.74, 6) is -0.835. The van der Waals surface area contributed by atoms with Gasteiger partial charge in [-0.05, 0) is 26.3 Å². The van der Waals surface area contributed by atoms with Crippen molar-refractivity contribution in [3.8, 4) is 0 Å². The number of ether oxygens (including phenoxy) is 1. The largest absolute Gasteiger partial charge is 0.458 e. The predicted octanol–water partition coefficient (Wildman–Crippen LogP) is 1.76. The summed E-state index contributed by atoms with van der Waals surface area (Å²) < 4.78 is 4.99. The van der Waals surface area contributed by atoms with Gasteiger partial charge in [-0.15, -0.1) is 0 Å². The SMILES string of the molecule is CC(C)(C)OC(=O)[C@H](O)[C@@H](O)/C=C/c1ccccc1. The zero-order valence-corrected chi connectivity index (χ0v) is 11.4. The molecule has 0 spiro atoms. The minimum absolute atomic E-state index is 0.694. The van der Waals surface area contributed by atoms with E-state index in [1.165, 1.54) is 6.08 Å². The molecular formula is C15H20O4. The molecule has 0 aromatic heterocycles. The van der Waals surface area contributed by atoms with Crippen molar-refractivity contribution in [1.29, 1.82) is 0 Å². The maximum Gasteiger partial charge on any atom is 0.338 e. The smallest absolute Gasteiger partial charge is 0.338 e. The number of aliphatic hydroxyl groups excluding tert-OH is 2. The second-order valence-electron chi connectivity index (χ2n) is 5.24. The Morgan fingerprint density at radius 1 is 1.21 bits per heavy atom. The Bertz CT molecular complexity index is 431. The fourth-order valence-corrected chi connectivity index (χ4v) is 1.38. The molecule has 0 aliphatic heterocycles. The second-order valence-corrected chi connectivity index (χ2v) is 5.24. The van der Waals surface area contributed by atoms with Crippen molar-refractivity contribution in [1.82, 2.24) is 0 Å². The van der Waals surface area contributed by atoms with Gasteiger partial charge in [0.05, 0.1) is 0 Å². The van der Waals surface area contributed by atoms with Crippen LogP contribution in [0.2, 0.25) is 0 Å². The molecule has 0 aliphatic rings. The number of hydrogen-bond acceptors (Lipinski definition) is 4. The van der Waals surface area contributed by atoms with Gasteiger partial charge in [-0.3, -0.25) is 0 Å². The van der Waals surface area contributed by atoms with Crippen molar-refractivity contribution in [3.63, 3.8) is 0 Å². The van der Waals surface area contributed by atoms with Crippen LogP contribution in [0.15, 0.2) is 36.4 Å². The first-order valence-corrected chi connectivity index (χ1v) is 6.12. The molecule has 0 saturated heterocycles. The van der Waals surface area contributed by atoms with Crippen molar-refractivity contribution < 1.29 is 19.7 Å². The first-order chi connectivity index (χ1) is 8.79. The number of hydrogen-bond donors (Lipinski definition) is 2. The van der Waals surface area contributed by atoms with E-state index in [9.17, 15) is 15.0 Å². The van der Waals surface area contributed by atoms with Crippen molar-refractivity contribution in [2.75, 3.05) is 0 Å². The summed E-state index contributed by atoms with van der Waals surface area (Å²) in [6.45, 7) is 5.09. The van der Waals surface area contributed by atoms with E-state index < -0.39 is 23.8 Å². The van der Waals surface area contributed by atoms with Crippen molar-refractivity contribution in [2.45, 2.75) is 38.6 Å². The molecule has 1 aromatic rings. The molecule has 4 heteroatoms. The highest BCUT2D eigenvalue weighted by Crippen LogP contribution is 2.11. The molecule has 2 N–H and O–H groups in total. The zero-order chi connectivity index (χ0) is 14.5. The summed E-state index contributed by atoms with van der Waals surface area (Å²) in [4.78, 5) is 11.5. The van der Waals surface area contributed by atoms with Gasteiger partial charge in [-0.2, -0.15) is 0 Å². The summed E-state index contributed by atoms with van der Waals surface area (Å²) in [5.41, 5.74) is 0.180. The number of carbonyl (C=O) groups excluding carboxylic acids is 1. The van der Waals surface area contributed by atoms with Gasteiger partial charge in [0.2, 0.25) is 0 Å². The lowest BCUT2D eigenvalue weighted by molar-refractivity contribution is -0.169. The fraction of sp³-hybridized carbons (Fsp3) is 0.400. The second kappa shape index (κ2) is 6.50. The molecule has 0 bridgehead atoms. The van der Waals surface area contributed by atoms with Gasteiger partial charge in [0.15, 0.2) is 6.10 Å². The third kappa shape index (κ3) is 5.68. The van der Waals surface area contributed by atoms with Crippen LogP contribution in [-0.2, 0) is 9.53 Å². The highest BCUT2D eigenvalue weighted by molar-refractivity contribution is 5.76. The number of rotatable bonds is 4. The van der Waals surface area contributed by atoms with E-state index in [2.05, 4.69) is 0 Å². The number of benzene rings is 1. The summed E-state index contributed by atoms with van der Waals surface area (Å²) >= 11 is 0. The molecule has 104 valence electrons. The van der Waals surface area contributed by atoms with E-state index >= 15 is 0 Å². The van der Waals surface area contributed by atoms with Crippen molar-refractivity contribution in [2.24, 2.45) is 0 Å². The first kappa shape index (κ1) is 15.4. The Hall–Kier alpha value is -1.65. The Labute approximate surface area is 113 Å². The van der Waals surface area contributed by atoms with E-state index in [-0.39, 0.29) is 0 Å². The lowest BCUT2D eigenvalue weighted by atomic mass is 10.1. The quantitative estimate of drug-likeness (QED) is 0.813. The van der Waals surface area contributed by atoms with E-state index in [0.717, 1.165) is 5.56 Å². The van der Waals surface area contributed by atoms with Gasteiger partial charge >= 0.3 is 5.97 Å². The zero-order valence-electron chi connectivity index (χ0n) is 11.4. The fourth-order valence-electron chi connectivity index (χ4n) is 1.38. The van der Waals surface area contributed by atoms with E-state index in [1.54, 1.807) is 26.8 Å². The predicted molar refractivity (Wildman–Crippen MR) is 73.3 cm³/mol. The summed E-state index contributed by atoms with van der Waals surface area (Å²) in [6, 6.07) is 9.29. The van der Waals surface area contributed by atoms with Crippen molar-refractivity contribution >= 4 is 12.0 Å². The Balaban J connectivity index is 2.60. The average molecular weight is 264 g/mol. The molecule has 0 fully saturated rings. The average Bonchev–Trinajstić information content (AvgIpc) is 2.34. The molecule has 1 aromatic carbocycles. The summed E-state index contributed by atoms with van der Waals surface area (Å²) in [7, 11) is 0. The standard InChI is InChI=1S/C15H20O4/c1-15(2,3)19-14(18)13(17)12(16)10-9-11-7-5-4-6-8-11/h4-10,12-13,16-17H,1-3H3/b10-9+/t12-,13+/m0/s1. The Morgan fingerprint density at radius 2 is 1.79 bits per heavy atom. The van der Waals surface area contributed by atoms with Gasteiger partial charge in [-0.25, -0.2) is 4.79 Å². The highest BCUT2D eigenvalue weighted by atomic mass is 16.6. The molecular weight excluding hydrogens is 244 g/mol. The van der Waals surface area contributed by atoms with Crippen LogP contribution in [-0.4, -0.2) is 34.0 Å². The van der Waals surface area contributed by atoms with Crippen LogP contribution >= 0.6 is 0 Å². The molecule has 2 atom stereocenters. The van der Waals surface area contributed by atoms with Crippen LogP contribution in [0.3, 0.4) is 0 Å². The van der Waals surface area contributed by atoms with Gasteiger partial charge in [0.25, 0.3) is 0 Å². The van der Waals surface area contributed by atoms with E-state index in [0.29, 0.717) is 0 Å². The summed E-state index contributed by atoms with van der Waals surface area (Å²) in [5, 5.41) is 19.4. The Morgan fingerprint density at radius 3 is 2.32 bits per heavy atom. The minimum Gasteiger partial charge on any atom is -0.458 e. The maximum absolute atomic E-state index is 11.5. The van der Waals surface area contributed by atoms with Crippen LogP contribution in [0, 0.1) is 0 Å². The number of aliphatic hydroxyl groups is 2. The minimum atomic E-state index is -1.58. The number of esters is 1. The van der Waals surface area contributed by atoms with Gasteiger partial charge < -0.3 is 14.9 Å². The molecule has 1 rings (SSSR count). The molecule has 19 heavy (non-hydrogen) atoms. The molecule has 0 unspecified atom stereocenters. The molecule has 4 nitrogen and oxygen atoms in total. The molecule has 0 aliphatic carbocycles.